The number of aromatic amines is 1. The maximum absolute atomic E-state index is 12.5. The van der Waals surface area contributed by atoms with Crippen LogP contribution < -0.4 is 0 Å². The van der Waals surface area contributed by atoms with Crippen LogP contribution in [-0.4, -0.2) is 64.1 Å². The summed E-state index contributed by atoms with van der Waals surface area (Å²) in [5, 5.41) is 0. The predicted molar refractivity (Wildman–Crippen MR) is 94.1 cm³/mol. The minimum absolute atomic E-state index is 0.110. The first kappa shape index (κ1) is 16.3. The maximum Gasteiger partial charge on any atom is 0.255 e. The van der Waals surface area contributed by atoms with Crippen molar-refractivity contribution < 1.29 is 9.53 Å². The molecule has 0 aromatic carbocycles. The number of likely N-dealkylation sites (tertiary alicyclic amines) is 1. The van der Waals surface area contributed by atoms with Gasteiger partial charge in [-0.1, -0.05) is 6.07 Å². The minimum Gasteiger partial charge on any atom is -0.372 e. The molecule has 0 saturated carbocycles. The Morgan fingerprint density at radius 1 is 1.28 bits per heavy atom. The molecule has 2 aromatic rings. The quantitative estimate of drug-likeness (QED) is 0.927. The summed E-state index contributed by atoms with van der Waals surface area (Å²) in [5.74, 6) is 0.110. The monoisotopic (exact) mass is 340 g/mol. The lowest BCUT2D eigenvalue weighted by molar-refractivity contribution is -0.134. The zero-order valence-electron chi connectivity index (χ0n) is 14.4. The lowest BCUT2D eigenvalue weighted by Gasteiger charge is -2.47. The third-order valence-electron chi connectivity index (χ3n) is 5.26. The largest absolute Gasteiger partial charge is 0.372 e. The second-order valence-corrected chi connectivity index (χ2v) is 7.00. The van der Waals surface area contributed by atoms with Crippen molar-refractivity contribution in [1.82, 2.24) is 19.8 Å². The van der Waals surface area contributed by atoms with Crippen molar-refractivity contribution in [2.75, 3.05) is 32.8 Å². The number of nitrogens with one attached hydrogen (secondary N) is 1. The summed E-state index contributed by atoms with van der Waals surface area (Å²) < 4.78 is 6.19. The molecule has 2 aliphatic heterocycles. The first-order valence-electron chi connectivity index (χ1n) is 8.91. The standard InChI is InChI=1S/C19H24N4O2/c24-18(17-3-7-21-13-17)23-8-4-19(5-9-23)15-22(10-11-25-19)14-16-2-1-6-20-12-16/h1-3,6-7,12-13,21H,4-5,8-11,14-15H2. The number of hydrogen-bond acceptors (Lipinski definition) is 4. The van der Waals surface area contributed by atoms with Crippen LogP contribution in [0.2, 0.25) is 0 Å². The Labute approximate surface area is 147 Å². The molecule has 1 spiro atoms. The Balaban J connectivity index is 1.36. The van der Waals surface area contributed by atoms with Crippen LogP contribution in [0.1, 0.15) is 28.8 Å². The van der Waals surface area contributed by atoms with Gasteiger partial charge in [-0.3, -0.25) is 14.7 Å². The van der Waals surface area contributed by atoms with Crippen LogP contribution in [0, 0.1) is 0 Å². The van der Waals surface area contributed by atoms with Crippen LogP contribution in [-0.2, 0) is 11.3 Å². The van der Waals surface area contributed by atoms with Crippen LogP contribution in [0.5, 0.6) is 0 Å². The fourth-order valence-electron chi connectivity index (χ4n) is 3.87. The smallest absolute Gasteiger partial charge is 0.255 e. The average Bonchev–Trinajstić information content (AvgIpc) is 3.18. The number of amides is 1. The van der Waals surface area contributed by atoms with Gasteiger partial charge in [0, 0.05) is 57.5 Å². The average molecular weight is 340 g/mol. The van der Waals surface area contributed by atoms with E-state index in [0.29, 0.717) is 0 Å². The third kappa shape index (κ3) is 3.60. The van der Waals surface area contributed by atoms with E-state index < -0.39 is 0 Å². The summed E-state index contributed by atoms with van der Waals surface area (Å²) in [6.45, 7) is 5.04. The molecule has 2 aliphatic rings. The highest BCUT2D eigenvalue weighted by molar-refractivity contribution is 5.94. The molecule has 0 radical (unpaired) electrons. The Morgan fingerprint density at radius 3 is 2.88 bits per heavy atom. The molecule has 6 heteroatoms. The highest BCUT2D eigenvalue weighted by Gasteiger charge is 2.40. The molecule has 4 rings (SSSR count). The van der Waals surface area contributed by atoms with E-state index in [4.69, 9.17) is 4.74 Å². The number of H-pyrrole nitrogens is 1. The molecule has 0 bridgehead atoms. The Hall–Kier alpha value is -2.18. The van der Waals surface area contributed by atoms with Crippen LogP contribution in [0.4, 0.5) is 0 Å². The topological polar surface area (TPSA) is 61.5 Å². The number of aromatic nitrogens is 2. The second kappa shape index (κ2) is 6.98. The fraction of sp³-hybridized carbons (Fsp3) is 0.474. The van der Waals surface area contributed by atoms with Crippen molar-refractivity contribution in [2.24, 2.45) is 0 Å². The molecule has 25 heavy (non-hydrogen) atoms. The van der Waals surface area contributed by atoms with Gasteiger partial charge in [-0.05, 0) is 30.5 Å². The summed E-state index contributed by atoms with van der Waals surface area (Å²) in [4.78, 5) is 24.0. The normalized spacial score (nSPS) is 20.7. The van der Waals surface area contributed by atoms with Crippen LogP contribution >= 0.6 is 0 Å². The van der Waals surface area contributed by atoms with Gasteiger partial charge in [-0.15, -0.1) is 0 Å². The molecular weight excluding hydrogens is 316 g/mol. The van der Waals surface area contributed by atoms with Gasteiger partial charge in [0.15, 0.2) is 0 Å². The Morgan fingerprint density at radius 2 is 2.16 bits per heavy atom. The SMILES string of the molecule is O=C(c1cc[nH]c1)N1CCC2(CC1)CN(Cc1cccnc1)CCO2. The zero-order chi connectivity index (χ0) is 17.1. The van der Waals surface area contributed by atoms with E-state index in [9.17, 15) is 4.79 Å². The van der Waals surface area contributed by atoms with Crippen LogP contribution in [0.15, 0.2) is 43.0 Å². The number of rotatable bonds is 3. The molecule has 132 valence electrons. The molecule has 1 N–H and O–H groups in total. The first-order chi connectivity index (χ1) is 12.2. The molecule has 6 nitrogen and oxygen atoms in total. The summed E-state index contributed by atoms with van der Waals surface area (Å²) in [5.41, 5.74) is 1.85. The van der Waals surface area contributed by atoms with Crippen molar-refractivity contribution in [2.45, 2.75) is 25.0 Å². The van der Waals surface area contributed by atoms with E-state index in [0.717, 1.165) is 57.7 Å². The maximum atomic E-state index is 12.5. The molecule has 1 amide bonds. The van der Waals surface area contributed by atoms with Gasteiger partial charge in [0.2, 0.25) is 0 Å². The van der Waals surface area contributed by atoms with Gasteiger partial charge in [0.05, 0.1) is 17.8 Å². The predicted octanol–water partition coefficient (Wildman–Crippen LogP) is 1.92. The molecule has 0 aliphatic carbocycles. The molecular formula is C19H24N4O2. The van der Waals surface area contributed by atoms with Crippen LogP contribution in [0.3, 0.4) is 0 Å². The molecule has 0 unspecified atom stereocenters. The minimum atomic E-state index is -0.116. The number of nitrogens with zero attached hydrogens (tertiary/aromatic N) is 3. The third-order valence-corrected chi connectivity index (χ3v) is 5.26. The van der Waals surface area contributed by atoms with Crippen molar-refractivity contribution in [3.05, 3.63) is 54.1 Å². The molecule has 0 atom stereocenters. The number of pyridine rings is 1. The van der Waals surface area contributed by atoms with Gasteiger partial charge in [-0.25, -0.2) is 0 Å². The Kier molecular flexibility index (Phi) is 4.55. The zero-order valence-corrected chi connectivity index (χ0v) is 14.4. The lowest BCUT2D eigenvalue weighted by atomic mass is 9.89. The number of carbonyl (C=O) groups is 1. The summed E-state index contributed by atoms with van der Waals surface area (Å²) in [7, 11) is 0. The molecule has 2 saturated heterocycles. The molecule has 4 heterocycles. The van der Waals surface area contributed by atoms with Gasteiger partial charge in [-0.2, -0.15) is 0 Å². The van der Waals surface area contributed by atoms with Gasteiger partial charge in [0.25, 0.3) is 5.91 Å². The van der Waals surface area contributed by atoms with Crippen molar-refractivity contribution in [3.63, 3.8) is 0 Å². The Bertz CT molecular complexity index is 693. The van der Waals surface area contributed by atoms with Gasteiger partial charge in [0.1, 0.15) is 0 Å². The van der Waals surface area contributed by atoms with Crippen molar-refractivity contribution >= 4 is 5.91 Å². The van der Waals surface area contributed by atoms with E-state index in [-0.39, 0.29) is 11.5 Å². The van der Waals surface area contributed by atoms with E-state index in [2.05, 4.69) is 20.9 Å². The summed E-state index contributed by atoms with van der Waals surface area (Å²) in [6.07, 6.45) is 9.08. The van der Waals surface area contributed by atoms with Crippen molar-refractivity contribution in [3.8, 4) is 0 Å². The highest BCUT2D eigenvalue weighted by Crippen LogP contribution is 2.31. The first-order valence-corrected chi connectivity index (χ1v) is 8.91. The number of morpholine rings is 1. The van der Waals surface area contributed by atoms with Crippen LogP contribution in [0.25, 0.3) is 0 Å². The molecule has 2 aromatic heterocycles. The van der Waals surface area contributed by atoms with E-state index in [1.165, 1.54) is 5.56 Å². The van der Waals surface area contributed by atoms with Crippen molar-refractivity contribution in [1.29, 1.82) is 0 Å². The lowest BCUT2D eigenvalue weighted by Crippen LogP contribution is -2.57. The van der Waals surface area contributed by atoms with Gasteiger partial charge < -0.3 is 14.6 Å². The fourth-order valence-corrected chi connectivity index (χ4v) is 3.87. The number of piperidine rings is 1. The number of hydrogen-bond donors (Lipinski definition) is 1. The molecule has 2 fully saturated rings. The number of carbonyl (C=O) groups excluding carboxylic acids is 1. The van der Waals surface area contributed by atoms with E-state index in [1.807, 2.05) is 29.4 Å². The highest BCUT2D eigenvalue weighted by atomic mass is 16.5. The summed E-state index contributed by atoms with van der Waals surface area (Å²) >= 11 is 0. The van der Waals surface area contributed by atoms with Gasteiger partial charge >= 0.3 is 0 Å². The van der Waals surface area contributed by atoms with E-state index in [1.54, 1.807) is 12.4 Å². The second-order valence-electron chi connectivity index (χ2n) is 7.00. The van der Waals surface area contributed by atoms with E-state index >= 15 is 0 Å². The summed E-state index contributed by atoms with van der Waals surface area (Å²) in [6, 6.07) is 5.93. The number of ether oxygens (including phenoxy) is 1.